The van der Waals surface area contributed by atoms with Crippen molar-refractivity contribution in [1.82, 2.24) is 10.2 Å². The Bertz CT molecular complexity index is 1200. The molecule has 33 heavy (non-hydrogen) atoms. The van der Waals surface area contributed by atoms with Gasteiger partial charge in [-0.1, -0.05) is 18.2 Å². The zero-order chi connectivity index (χ0) is 22.9. The third kappa shape index (κ3) is 3.95. The number of nitrogens with one attached hydrogen (secondary N) is 2. The van der Waals surface area contributed by atoms with Gasteiger partial charge in [-0.25, -0.2) is 0 Å². The number of hydrogen-bond donors (Lipinski definition) is 2. The summed E-state index contributed by atoms with van der Waals surface area (Å²) in [6, 6.07) is 15.4. The van der Waals surface area contributed by atoms with E-state index in [2.05, 4.69) is 10.6 Å². The summed E-state index contributed by atoms with van der Waals surface area (Å²) in [5, 5.41) is 5.81. The third-order valence-electron chi connectivity index (χ3n) is 6.18. The average molecular weight is 445 g/mol. The molecule has 0 aliphatic carbocycles. The van der Waals surface area contributed by atoms with Crippen LogP contribution < -0.4 is 15.4 Å². The van der Waals surface area contributed by atoms with Crippen molar-refractivity contribution in [3.05, 3.63) is 72.2 Å². The van der Waals surface area contributed by atoms with E-state index in [-0.39, 0.29) is 29.5 Å². The summed E-state index contributed by atoms with van der Waals surface area (Å²) in [5.74, 6) is 0.195. The van der Waals surface area contributed by atoms with Gasteiger partial charge in [0.1, 0.15) is 11.8 Å². The highest BCUT2D eigenvalue weighted by Gasteiger charge is 2.40. The van der Waals surface area contributed by atoms with Gasteiger partial charge in [0.2, 0.25) is 5.91 Å². The maximum Gasteiger partial charge on any atom is 0.287 e. The Morgan fingerprint density at radius 1 is 1.12 bits per heavy atom. The van der Waals surface area contributed by atoms with Crippen LogP contribution in [0.3, 0.4) is 0 Å². The van der Waals surface area contributed by atoms with E-state index in [4.69, 9.17) is 9.15 Å². The summed E-state index contributed by atoms with van der Waals surface area (Å²) in [6.45, 7) is 0.367. The second-order valence-corrected chi connectivity index (χ2v) is 8.16. The van der Waals surface area contributed by atoms with Crippen molar-refractivity contribution in [1.29, 1.82) is 0 Å². The van der Waals surface area contributed by atoms with Crippen LogP contribution in [0.25, 0.3) is 11.1 Å². The molecular weight excluding hydrogens is 422 g/mol. The molecule has 0 radical (unpaired) electrons. The summed E-state index contributed by atoms with van der Waals surface area (Å²) in [4.78, 5) is 40.4. The minimum absolute atomic E-state index is 0.195. The number of anilines is 1. The van der Waals surface area contributed by atoms with Crippen molar-refractivity contribution >= 4 is 23.4 Å². The molecule has 1 fully saturated rings. The molecule has 2 aliphatic heterocycles. The van der Waals surface area contributed by atoms with Gasteiger partial charge in [0.25, 0.3) is 11.8 Å². The molecule has 0 unspecified atom stereocenters. The van der Waals surface area contributed by atoms with Crippen LogP contribution in [-0.4, -0.2) is 48.4 Å². The number of ether oxygens (including phenoxy) is 1. The lowest BCUT2D eigenvalue weighted by Gasteiger charge is -2.37. The van der Waals surface area contributed by atoms with Crippen molar-refractivity contribution in [3.63, 3.8) is 0 Å². The van der Waals surface area contributed by atoms with Gasteiger partial charge in [-0.3, -0.25) is 14.4 Å². The van der Waals surface area contributed by atoms with Gasteiger partial charge in [-0.05, 0) is 60.4 Å². The molecule has 168 valence electrons. The molecule has 8 nitrogen and oxygen atoms in total. The van der Waals surface area contributed by atoms with Crippen molar-refractivity contribution in [2.75, 3.05) is 19.0 Å². The second-order valence-electron chi connectivity index (χ2n) is 8.16. The SMILES string of the molecule is COc1ccc(-c2ccc3c(c2)C(=O)N2CC[C@H](NC(=O)c4ccco4)C[C@H]2C(=O)N3)cc1. The molecular formula is C25H23N3O5. The second kappa shape index (κ2) is 8.46. The summed E-state index contributed by atoms with van der Waals surface area (Å²) in [5.41, 5.74) is 2.76. The van der Waals surface area contributed by atoms with E-state index < -0.39 is 6.04 Å². The number of amides is 3. The lowest BCUT2D eigenvalue weighted by atomic mass is 9.95. The number of hydrogen-bond acceptors (Lipinski definition) is 5. The van der Waals surface area contributed by atoms with E-state index in [1.807, 2.05) is 36.4 Å². The number of carbonyl (C=O) groups is 3. The molecule has 3 aromatic rings. The highest BCUT2D eigenvalue weighted by molar-refractivity contribution is 6.10. The number of methoxy groups -OCH3 is 1. The quantitative estimate of drug-likeness (QED) is 0.642. The fraction of sp³-hybridized carbons (Fsp3) is 0.240. The number of fused-ring (bicyclic) bond motifs is 2. The molecule has 2 aliphatic rings. The highest BCUT2D eigenvalue weighted by Crippen LogP contribution is 2.32. The predicted molar refractivity (Wildman–Crippen MR) is 121 cm³/mol. The molecule has 3 amide bonds. The molecule has 0 spiro atoms. The normalized spacial score (nSPS) is 19.7. The van der Waals surface area contributed by atoms with E-state index in [0.717, 1.165) is 16.9 Å². The zero-order valence-electron chi connectivity index (χ0n) is 18.0. The van der Waals surface area contributed by atoms with E-state index in [1.165, 1.54) is 6.26 Å². The standard InChI is InChI=1S/C25H23N3O5/c1-32-18-7-4-15(5-8-18)16-6-9-20-19(13-16)25(31)28-11-10-17(14-21(28)23(29)27-20)26-24(30)22-3-2-12-33-22/h2-9,12-13,17,21H,10-11,14H2,1H3,(H,26,30)(H,27,29)/t17-,21-/m0/s1. The monoisotopic (exact) mass is 445 g/mol. The Morgan fingerprint density at radius 2 is 1.91 bits per heavy atom. The van der Waals surface area contributed by atoms with Crippen LogP contribution in [0.2, 0.25) is 0 Å². The molecule has 0 bridgehead atoms. The summed E-state index contributed by atoms with van der Waals surface area (Å²) in [6.07, 6.45) is 2.32. The lowest BCUT2D eigenvalue weighted by Crippen LogP contribution is -2.55. The first-order valence-corrected chi connectivity index (χ1v) is 10.8. The van der Waals surface area contributed by atoms with Crippen LogP contribution in [0.5, 0.6) is 5.75 Å². The Kier molecular flexibility index (Phi) is 5.34. The molecule has 5 rings (SSSR count). The van der Waals surface area contributed by atoms with Crippen LogP contribution in [0.4, 0.5) is 5.69 Å². The molecule has 8 heteroatoms. The Labute approximate surface area is 190 Å². The highest BCUT2D eigenvalue weighted by atomic mass is 16.5. The van der Waals surface area contributed by atoms with E-state index >= 15 is 0 Å². The van der Waals surface area contributed by atoms with Crippen molar-refractivity contribution in [2.24, 2.45) is 0 Å². The fourth-order valence-corrected chi connectivity index (χ4v) is 4.42. The van der Waals surface area contributed by atoms with Gasteiger partial charge in [-0.2, -0.15) is 0 Å². The van der Waals surface area contributed by atoms with Crippen molar-refractivity contribution in [3.8, 4) is 16.9 Å². The molecule has 1 saturated heterocycles. The van der Waals surface area contributed by atoms with Crippen LogP contribution in [-0.2, 0) is 4.79 Å². The minimum atomic E-state index is -0.662. The van der Waals surface area contributed by atoms with Crippen LogP contribution in [0, 0.1) is 0 Å². The molecule has 2 atom stereocenters. The minimum Gasteiger partial charge on any atom is -0.497 e. The first kappa shape index (κ1) is 20.8. The topological polar surface area (TPSA) is 101 Å². The average Bonchev–Trinajstić information content (AvgIpc) is 3.36. The van der Waals surface area contributed by atoms with Crippen LogP contribution in [0.1, 0.15) is 33.8 Å². The van der Waals surface area contributed by atoms with E-state index in [1.54, 1.807) is 30.2 Å². The number of nitrogens with zero attached hydrogens (tertiary/aromatic N) is 1. The molecule has 2 N–H and O–H groups in total. The van der Waals surface area contributed by atoms with Gasteiger partial charge in [0, 0.05) is 12.6 Å². The Hall–Kier alpha value is -4.07. The number of carbonyl (C=O) groups excluding carboxylic acids is 3. The maximum absolute atomic E-state index is 13.4. The van der Waals surface area contributed by atoms with Gasteiger partial charge in [0.15, 0.2) is 5.76 Å². The predicted octanol–water partition coefficient (Wildman–Crippen LogP) is 3.31. The van der Waals surface area contributed by atoms with Gasteiger partial charge >= 0.3 is 0 Å². The van der Waals surface area contributed by atoms with Crippen molar-refractivity contribution < 1.29 is 23.5 Å². The number of piperidine rings is 1. The van der Waals surface area contributed by atoms with Gasteiger partial charge < -0.3 is 24.7 Å². The Balaban J connectivity index is 1.37. The van der Waals surface area contributed by atoms with Gasteiger partial charge in [-0.15, -0.1) is 0 Å². The number of furan rings is 1. The molecule has 2 aromatic carbocycles. The maximum atomic E-state index is 13.4. The Morgan fingerprint density at radius 3 is 2.64 bits per heavy atom. The number of benzene rings is 2. The van der Waals surface area contributed by atoms with E-state index in [0.29, 0.717) is 30.6 Å². The smallest absolute Gasteiger partial charge is 0.287 e. The summed E-state index contributed by atoms with van der Waals surface area (Å²) < 4.78 is 10.4. The number of rotatable bonds is 4. The van der Waals surface area contributed by atoms with Crippen molar-refractivity contribution in [2.45, 2.75) is 24.9 Å². The lowest BCUT2D eigenvalue weighted by molar-refractivity contribution is -0.121. The molecule has 1 aromatic heterocycles. The molecule has 0 saturated carbocycles. The van der Waals surface area contributed by atoms with Crippen LogP contribution in [0.15, 0.2) is 65.3 Å². The van der Waals surface area contributed by atoms with Crippen LogP contribution >= 0.6 is 0 Å². The first-order valence-electron chi connectivity index (χ1n) is 10.8. The summed E-state index contributed by atoms with van der Waals surface area (Å²) in [7, 11) is 1.61. The first-order chi connectivity index (χ1) is 16.0. The largest absolute Gasteiger partial charge is 0.497 e. The van der Waals surface area contributed by atoms with Gasteiger partial charge in [0.05, 0.1) is 24.6 Å². The third-order valence-corrected chi connectivity index (χ3v) is 6.18. The fourth-order valence-electron chi connectivity index (χ4n) is 4.42. The zero-order valence-corrected chi connectivity index (χ0v) is 18.0. The summed E-state index contributed by atoms with van der Waals surface area (Å²) >= 11 is 0. The molecule has 3 heterocycles. The van der Waals surface area contributed by atoms with E-state index in [9.17, 15) is 14.4 Å².